The molecule has 0 aromatic carbocycles. The Balaban J connectivity index is 3.22. The van der Waals surface area contributed by atoms with Gasteiger partial charge in [-0.05, 0) is 37.0 Å². The fourth-order valence-electron chi connectivity index (χ4n) is 1.98. The Bertz CT molecular complexity index is 395. The van der Waals surface area contributed by atoms with Gasteiger partial charge in [-0.2, -0.15) is 0 Å². The Morgan fingerprint density at radius 1 is 1.22 bits per heavy atom. The normalized spacial score (nSPS) is 14.2. The number of nitrogens with zero attached hydrogens (tertiary/aromatic N) is 1. The molecule has 2 atom stereocenters. The van der Waals surface area contributed by atoms with E-state index in [9.17, 15) is 15.0 Å². The second-order valence-corrected chi connectivity index (χ2v) is 4.38. The first-order chi connectivity index (χ1) is 8.53. The second kappa shape index (κ2) is 6.50. The summed E-state index contributed by atoms with van der Waals surface area (Å²) in [5, 5.41) is 19.1. The van der Waals surface area contributed by atoms with Crippen LogP contribution in [-0.4, -0.2) is 27.3 Å². The molecular formula is C14H21NO3. The molecule has 0 saturated carbocycles. The van der Waals surface area contributed by atoms with Crippen molar-refractivity contribution in [3.05, 3.63) is 29.1 Å². The summed E-state index contributed by atoms with van der Waals surface area (Å²) in [7, 11) is 0. The van der Waals surface area contributed by atoms with Gasteiger partial charge in [-0.1, -0.05) is 20.8 Å². The van der Waals surface area contributed by atoms with Gasteiger partial charge in [0.1, 0.15) is 5.92 Å². The molecule has 4 heteroatoms. The van der Waals surface area contributed by atoms with Crippen molar-refractivity contribution in [1.29, 1.82) is 0 Å². The van der Waals surface area contributed by atoms with Crippen molar-refractivity contribution in [2.75, 3.05) is 0 Å². The SMILES string of the molecule is CCc1cc(C(C(=O)O)C(O)CC)cc(CC)n1. The maximum Gasteiger partial charge on any atom is 0.313 e. The van der Waals surface area contributed by atoms with E-state index in [2.05, 4.69) is 4.98 Å². The van der Waals surface area contributed by atoms with E-state index in [0.29, 0.717) is 12.0 Å². The van der Waals surface area contributed by atoms with Crippen LogP contribution in [0.25, 0.3) is 0 Å². The molecule has 1 heterocycles. The number of aryl methyl sites for hydroxylation is 2. The number of aliphatic hydroxyl groups excluding tert-OH is 1. The lowest BCUT2D eigenvalue weighted by atomic mass is 9.91. The van der Waals surface area contributed by atoms with Crippen LogP contribution in [0.15, 0.2) is 12.1 Å². The molecule has 100 valence electrons. The van der Waals surface area contributed by atoms with Gasteiger partial charge < -0.3 is 10.2 Å². The summed E-state index contributed by atoms with van der Waals surface area (Å²) in [6, 6.07) is 3.58. The van der Waals surface area contributed by atoms with Crippen molar-refractivity contribution in [3.63, 3.8) is 0 Å². The van der Waals surface area contributed by atoms with E-state index < -0.39 is 18.0 Å². The largest absolute Gasteiger partial charge is 0.481 e. The molecule has 0 spiro atoms. The van der Waals surface area contributed by atoms with E-state index in [0.717, 1.165) is 24.2 Å². The summed E-state index contributed by atoms with van der Waals surface area (Å²) in [5.74, 6) is -1.85. The number of hydrogen-bond acceptors (Lipinski definition) is 3. The highest BCUT2D eigenvalue weighted by Gasteiger charge is 2.27. The van der Waals surface area contributed by atoms with Crippen molar-refractivity contribution >= 4 is 5.97 Å². The van der Waals surface area contributed by atoms with E-state index in [1.807, 2.05) is 13.8 Å². The molecule has 1 aromatic rings. The molecule has 0 bridgehead atoms. The number of aliphatic carboxylic acids is 1. The molecule has 1 aromatic heterocycles. The topological polar surface area (TPSA) is 70.4 Å². The van der Waals surface area contributed by atoms with Gasteiger partial charge in [0.2, 0.25) is 0 Å². The predicted molar refractivity (Wildman–Crippen MR) is 69.7 cm³/mol. The molecule has 0 aliphatic carbocycles. The maximum atomic E-state index is 11.3. The van der Waals surface area contributed by atoms with E-state index >= 15 is 0 Å². The molecular weight excluding hydrogens is 230 g/mol. The van der Waals surface area contributed by atoms with Crippen LogP contribution >= 0.6 is 0 Å². The first-order valence-electron chi connectivity index (χ1n) is 6.44. The summed E-state index contributed by atoms with van der Waals surface area (Å²) in [6.45, 7) is 5.75. The van der Waals surface area contributed by atoms with Crippen LogP contribution < -0.4 is 0 Å². The van der Waals surface area contributed by atoms with Crippen LogP contribution in [0.4, 0.5) is 0 Å². The van der Waals surface area contributed by atoms with Gasteiger partial charge in [0.05, 0.1) is 6.10 Å². The van der Waals surface area contributed by atoms with Gasteiger partial charge in [-0.25, -0.2) is 0 Å². The number of carboxylic acid groups (broad SMARTS) is 1. The lowest BCUT2D eigenvalue weighted by molar-refractivity contribution is -0.141. The van der Waals surface area contributed by atoms with Crippen molar-refractivity contribution < 1.29 is 15.0 Å². The van der Waals surface area contributed by atoms with Crippen LogP contribution in [0, 0.1) is 0 Å². The number of pyridine rings is 1. The minimum Gasteiger partial charge on any atom is -0.481 e. The zero-order valence-electron chi connectivity index (χ0n) is 11.2. The Morgan fingerprint density at radius 2 is 1.72 bits per heavy atom. The van der Waals surface area contributed by atoms with Crippen molar-refractivity contribution in [3.8, 4) is 0 Å². The Morgan fingerprint density at radius 3 is 2.06 bits per heavy atom. The van der Waals surface area contributed by atoms with Crippen LogP contribution in [0.3, 0.4) is 0 Å². The van der Waals surface area contributed by atoms with Crippen molar-refractivity contribution in [2.45, 2.75) is 52.1 Å². The van der Waals surface area contributed by atoms with E-state index in [1.54, 1.807) is 19.1 Å². The molecule has 2 N–H and O–H groups in total. The summed E-state index contributed by atoms with van der Waals surface area (Å²) >= 11 is 0. The Hall–Kier alpha value is -1.42. The molecule has 0 saturated heterocycles. The quantitative estimate of drug-likeness (QED) is 0.812. The van der Waals surface area contributed by atoms with E-state index in [-0.39, 0.29) is 0 Å². The molecule has 4 nitrogen and oxygen atoms in total. The third-order valence-electron chi connectivity index (χ3n) is 3.11. The van der Waals surface area contributed by atoms with Gasteiger partial charge >= 0.3 is 5.97 Å². The smallest absolute Gasteiger partial charge is 0.313 e. The molecule has 18 heavy (non-hydrogen) atoms. The highest BCUT2D eigenvalue weighted by Crippen LogP contribution is 2.24. The summed E-state index contributed by atoms with van der Waals surface area (Å²) in [6.07, 6.45) is 1.08. The number of aromatic nitrogens is 1. The predicted octanol–water partition coefficient (Wildman–Crippen LogP) is 2.15. The Labute approximate surface area is 108 Å². The zero-order valence-corrected chi connectivity index (χ0v) is 11.2. The van der Waals surface area contributed by atoms with Gasteiger partial charge in [0.15, 0.2) is 0 Å². The Kier molecular flexibility index (Phi) is 5.28. The minimum atomic E-state index is -0.986. The minimum absolute atomic E-state index is 0.419. The summed E-state index contributed by atoms with van der Waals surface area (Å²) < 4.78 is 0. The summed E-state index contributed by atoms with van der Waals surface area (Å²) in [4.78, 5) is 15.7. The highest BCUT2D eigenvalue weighted by molar-refractivity contribution is 5.77. The fourth-order valence-corrected chi connectivity index (χ4v) is 1.98. The van der Waals surface area contributed by atoms with Crippen LogP contribution in [0.5, 0.6) is 0 Å². The average Bonchev–Trinajstić information content (AvgIpc) is 2.37. The third kappa shape index (κ3) is 3.29. The second-order valence-electron chi connectivity index (χ2n) is 4.38. The molecule has 0 aliphatic rings. The number of aliphatic hydroxyl groups is 1. The van der Waals surface area contributed by atoms with Crippen molar-refractivity contribution in [2.24, 2.45) is 0 Å². The third-order valence-corrected chi connectivity index (χ3v) is 3.11. The first-order valence-corrected chi connectivity index (χ1v) is 6.44. The van der Waals surface area contributed by atoms with Crippen LogP contribution in [0.1, 0.15) is 50.1 Å². The van der Waals surface area contributed by atoms with Gasteiger partial charge in [0, 0.05) is 11.4 Å². The van der Waals surface area contributed by atoms with E-state index in [4.69, 9.17) is 0 Å². The average molecular weight is 251 g/mol. The zero-order chi connectivity index (χ0) is 13.7. The van der Waals surface area contributed by atoms with Crippen molar-refractivity contribution in [1.82, 2.24) is 4.98 Å². The first kappa shape index (κ1) is 14.6. The number of hydrogen-bond donors (Lipinski definition) is 2. The standard InChI is InChI=1S/C14H21NO3/c1-4-10-7-9(8-11(5-2)15-10)13(14(17)18)12(16)6-3/h7-8,12-13,16H,4-6H2,1-3H3,(H,17,18). The molecule has 0 amide bonds. The molecule has 2 unspecified atom stereocenters. The number of carboxylic acids is 1. The number of rotatable bonds is 6. The van der Waals surface area contributed by atoms with Crippen LogP contribution in [0.2, 0.25) is 0 Å². The molecule has 0 aliphatic heterocycles. The monoisotopic (exact) mass is 251 g/mol. The summed E-state index contributed by atoms with van der Waals surface area (Å²) in [5.41, 5.74) is 2.40. The van der Waals surface area contributed by atoms with Gasteiger partial charge in [0.25, 0.3) is 0 Å². The van der Waals surface area contributed by atoms with Gasteiger partial charge in [-0.3, -0.25) is 9.78 Å². The van der Waals surface area contributed by atoms with Crippen LogP contribution in [-0.2, 0) is 17.6 Å². The van der Waals surface area contributed by atoms with E-state index in [1.165, 1.54) is 0 Å². The maximum absolute atomic E-state index is 11.3. The fraction of sp³-hybridized carbons (Fsp3) is 0.571. The molecule has 0 radical (unpaired) electrons. The van der Waals surface area contributed by atoms with Gasteiger partial charge in [-0.15, -0.1) is 0 Å². The lowest BCUT2D eigenvalue weighted by Crippen LogP contribution is -2.25. The number of carbonyl (C=O) groups is 1. The lowest BCUT2D eigenvalue weighted by Gasteiger charge is -2.19. The molecule has 0 fully saturated rings. The highest BCUT2D eigenvalue weighted by atomic mass is 16.4. The molecule has 1 rings (SSSR count).